The second-order valence-electron chi connectivity index (χ2n) is 6.56. The summed E-state index contributed by atoms with van der Waals surface area (Å²) in [6.07, 6.45) is 1.62. The lowest BCUT2D eigenvalue weighted by atomic mass is 10.0. The molecule has 1 fully saturated rings. The number of nitrogens with zero attached hydrogens (tertiary/aromatic N) is 1. The minimum Gasteiger partial charge on any atom is -0.349 e. The van der Waals surface area contributed by atoms with Gasteiger partial charge in [0.05, 0.1) is 16.5 Å². The minimum atomic E-state index is -0.315. The predicted octanol–water partition coefficient (Wildman–Crippen LogP) is 4.10. The third kappa shape index (κ3) is 5.21. The highest BCUT2D eigenvalue weighted by molar-refractivity contribution is 6.42. The zero-order valence-corrected chi connectivity index (χ0v) is 16.1. The molecule has 1 N–H and O–H groups in total. The molecule has 0 atom stereocenters. The maximum absolute atomic E-state index is 12.9. The molecule has 2 amide bonds. The number of piperidine rings is 1. The quantitative estimate of drug-likeness (QED) is 0.827. The molecule has 0 spiro atoms. The van der Waals surface area contributed by atoms with Crippen LogP contribution in [0.5, 0.6) is 0 Å². The van der Waals surface area contributed by atoms with Crippen molar-refractivity contribution in [3.63, 3.8) is 0 Å². The number of carbonyl (C=O) groups excluding carboxylic acids is 2. The first-order chi connectivity index (χ1) is 12.9. The Bertz CT molecular complexity index is 834. The second-order valence-corrected chi connectivity index (χ2v) is 7.38. The average Bonchev–Trinajstić information content (AvgIpc) is 2.66. The van der Waals surface area contributed by atoms with E-state index in [9.17, 15) is 14.0 Å². The van der Waals surface area contributed by atoms with E-state index in [2.05, 4.69) is 5.32 Å². The standard InChI is InChI=1S/C20H19Cl2FN2O2/c21-17-6-3-14(12-18(17)22)20(27)24-16-7-9-25(10-8-16)19(26)11-13-1-4-15(23)5-2-13/h1-6,12,16H,7-11H2,(H,24,27). The van der Waals surface area contributed by atoms with Crippen LogP contribution in [0.25, 0.3) is 0 Å². The van der Waals surface area contributed by atoms with E-state index in [1.165, 1.54) is 12.1 Å². The number of nitrogens with one attached hydrogen (secondary N) is 1. The Hall–Kier alpha value is -2.11. The van der Waals surface area contributed by atoms with Gasteiger partial charge in [-0.15, -0.1) is 0 Å². The van der Waals surface area contributed by atoms with Crippen molar-refractivity contribution >= 4 is 35.0 Å². The van der Waals surface area contributed by atoms with E-state index in [4.69, 9.17) is 23.2 Å². The molecule has 1 aliphatic rings. The summed E-state index contributed by atoms with van der Waals surface area (Å²) in [5, 5.41) is 3.72. The van der Waals surface area contributed by atoms with E-state index >= 15 is 0 Å². The summed E-state index contributed by atoms with van der Waals surface area (Å²) in [6, 6.07) is 10.7. The van der Waals surface area contributed by atoms with Crippen LogP contribution in [0.2, 0.25) is 10.0 Å². The Labute approximate surface area is 167 Å². The molecule has 142 valence electrons. The van der Waals surface area contributed by atoms with E-state index in [1.807, 2.05) is 0 Å². The molecule has 1 heterocycles. The van der Waals surface area contributed by atoms with Gasteiger partial charge in [-0.3, -0.25) is 9.59 Å². The maximum Gasteiger partial charge on any atom is 0.251 e. The summed E-state index contributed by atoms with van der Waals surface area (Å²) in [5.41, 5.74) is 1.25. The summed E-state index contributed by atoms with van der Waals surface area (Å²) >= 11 is 11.8. The molecule has 0 aliphatic carbocycles. The van der Waals surface area contributed by atoms with Gasteiger partial charge in [-0.2, -0.15) is 0 Å². The number of rotatable bonds is 4. The highest BCUT2D eigenvalue weighted by atomic mass is 35.5. The third-order valence-corrected chi connectivity index (χ3v) is 5.37. The summed E-state index contributed by atoms with van der Waals surface area (Å²) in [4.78, 5) is 26.5. The van der Waals surface area contributed by atoms with Crippen LogP contribution in [0.15, 0.2) is 42.5 Å². The van der Waals surface area contributed by atoms with Gasteiger partial charge in [-0.1, -0.05) is 35.3 Å². The average molecular weight is 409 g/mol. The summed E-state index contributed by atoms with van der Waals surface area (Å²) in [7, 11) is 0. The number of hydrogen-bond donors (Lipinski definition) is 1. The van der Waals surface area contributed by atoms with Gasteiger partial charge in [0.15, 0.2) is 0 Å². The molecule has 1 aliphatic heterocycles. The fourth-order valence-electron chi connectivity index (χ4n) is 3.07. The van der Waals surface area contributed by atoms with Gasteiger partial charge in [0.2, 0.25) is 5.91 Å². The van der Waals surface area contributed by atoms with Crippen LogP contribution >= 0.6 is 23.2 Å². The van der Waals surface area contributed by atoms with Crippen LogP contribution in [0.4, 0.5) is 4.39 Å². The lowest BCUT2D eigenvalue weighted by molar-refractivity contribution is -0.131. The number of carbonyl (C=O) groups is 2. The lowest BCUT2D eigenvalue weighted by Gasteiger charge is -2.32. The van der Waals surface area contributed by atoms with E-state index in [0.717, 1.165) is 5.56 Å². The largest absolute Gasteiger partial charge is 0.349 e. The predicted molar refractivity (Wildman–Crippen MR) is 104 cm³/mol. The Morgan fingerprint density at radius 1 is 1.04 bits per heavy atom. The summed E-state index contributed by atoms with van der Waals surface area (Å²) in [6.45, 7) is 1.15. The Kier molecular flexibility index (Phi) is 6.34. The van der Waals surface area contributed by atoms with Crippen LogP contribution in [0, 0.1) is 5.82 Å². The SMILES string of the molecule is O=C(NC1CCN(C(=O)Cc2ccc(F)cc2)CC1)c1ccc(Cl)c(Cl)c1. The van der Waals surface area contributed by atoms with Crippen molar-refractivity contribution < 1.29 is 14.0 Å². The van der Waals surface area contributed by atoms with E-state index in [-0.39, 0.29) is 30.1 Å². The smallest absolute Gasteiger partial charge is 0.251 e. The van der Waals surface area contributed by atoms with Gasteiger partial charge in [-0.05, 0) is 48.7 Å². The molecule has 27 heavy (non-hydrogen) atoms. The fraction of sp³-hybridized carbons (Fsp3) is 0.300. The van der Waals surface area contributed by atoms with Crippen LogP contribution in [0.3, 0.4) is 0 Å². The lowest BCUT2D eigenvalue weighted by Crippen LogP contribution is -2.47. The summed E-state index contributed by atoms with van der Waals surface area (Å²) < 4.78 is 12.9. The molecule has 0 radical (unpaired) electrons. The molecule has 0 saturated carbocycles. The number of halogens is 3. The first-order valence-electron chi connectivity index (χ1n) is 8.70. The van der Waals surface area contributed by atoms with Crippen LogP contribution in [0.1, 0.15) is 28.8 Å². The Morgan fingerprint density at radius 2 is 1.70 bits per heavy atom. The molecule has 3 rings (SSSR count). The molecular weight excluding hydrogens is 390 g/mol. The van der Waals surface area contributed by atoms with Crippen molar-refractivity contribution in [2.45, 2.75) is 25.3 Å². The van der Waals surface area contributed by atoms with Gasteiger partial charge in [0.1, 0.15) is 5.82 Å². The van der Waals surface area contributed by atoms with Crippen molar-refractivity contribution in [2.24, 2.45) is 0 Å². The third-order valence-electron chi connectivity index (χ3n) is 4.63. The topological polar surface area (TPSA) is 49.4 Å². The fourth-order valence-corrected chi connectivity index (χ4v) is 3.37. The van der Waals surface area contributed by atoms with Gasteiger partial charge < -0.3 is 10.2 Å². The van der Waals surface area contributed by atoms with Crippen molar-refractivity contribution in [1.82, 2.24) is 10.2 Å². The van der Waals surface area contributed by atoms with Gasteiger partial charge in [0, 0.05) is 24.7 Å². The Morgan fingerprint density at radius 3 is 2.33 bits per heavy atom. The molecule has 0 bridgehead atoms. The normalized spacial score (nSPS) is 14.9. The van der Waals surface area contributed by atoms with Gasteiger partial charge >= 0.3 is 0 Å². The van der Waals surface area contributed by atoms with Gasteiger partial charge in [-0.25, -0.2) is 4.39 Å². The highest BCUT2D eigenvalue weighted by Crippen LogP contribution is 2.23. The van der Waals surface area contributed by atoms with Crippen LogP contribution < -0.4 is 5.32 Å². The molecule has 2 aromatic carbocycles. The Balaban J connectivity index is 1.49. The van der Waals surface area contributed by atoms with E-state index in [0.29, 0.717) is 41.5 Å². The minimum absolute atomic E-state index is 0.00169. The second kappa shape index (κ2) is 8.72. The number of benzene rings is 2. The highest BCUT2D eigenvalue weighted by Gasteiger charge is 2.24. The molecule has 4 nitrogen and oxygen atoms in total. The van der Waals surface area contributed by atoms with E-state index < -0.39 is 0 Å². The van der Waals surface area contributed by atoms with Crippen molar-refractivity contribution in [1.29, 1.82) is 0 Å². The van der Waals surface area contributed by atoms with Crippen molar-refractivity contribution in [3.8, 4) is 0 Å². The monoisotopic (exact) mass is 408 g/mol. The first-order valence-corrected chi connectivity index (χ1v) is 9.46. The molecule has 0 aromatic heterocycles. The molecule has 7 heteroatoms. The number of hydrogen-bond acceptors (Lipinski definition) is 2. The zero-order valence-electron chi connectivity index (χ0n) is 14.6. The number of amides is 2. The van der Waals surface area contributed by atoms with Crippen molar-refractivity contribution in [3.05, 3.63) is 69.5 Å². The number of likely N-dealkylation sites (tertiary alicyclic amines) is 1. The molecular formula is C20H19Cl2FN2O2. The molecule has 2 aromatic rings. The van der Waals surface area contributed by atoms with E-state index in [1.54, 1.807) is 35.2 Å². The summed E-state index contributed by atoms with van der Waals surface area (Å²) in [5.74, 6) is -0.509. The van der Waals surface area contributed by atoms with Crippen LogP contribution in [-0.2, 0) is 11.2 Å². The maximum atomic E-state index is 12.9. The first kappa shape index (κ1) is 19.6. The molecule has 0 unspecified atom stereocenters. The zero-order chi connectivity index (χ0) is 19.4. The van der Waals surface area contributed by atoms with Gasteiger partial charge in [0.25, 0.3) is 5.91 Å². The molecule has 1 saturated heterocycles. The van der Waals surface area contributed by atoms with Crippen molar-refractivity contribution in [2.75, 3.05) is 13.1 Å². The van der Waals surface area contributed by atoms with Crippen LogP contribution in [-0.4, -0.2) is 35.8 Å².